The fraction of sp³-hybridized carbons (Fsp3) is 0.167. The molecule has 0 atom stereocenters. The van der Waals surface area contributed by atoms with Crippen molar-refractivity contribution >= 4 is 22.8 Å². The number of anilines is 1. The number of rotatable bonds is 4. The van der Waals surface area contributed by atoms with Gasteiger partial charge >= 0.3 is 0 Å². The summed E-state index contributed by atoms with van der Waals surface area (Å²) in [6.07, 6.45) is 3.74. The predicted molar refractivity (Wildman–Crippen MR) is 144 cm³/mol. The zero-order valence-corrected chi connectivity index (χ0v) is 20.5. The Morgan fingerprint density at radius 1 is 0.865 bits per heavy atom. The van der Waals surface area contributed by atoms with Crippen LogP contribution in [0, 0.1) is 12.7 Å². The molecule has 1 saturated heterocycles. The third-order valence-corrected chi connectivity index (χ3v) is 6.90. The van der Waals surface area contributed by atoms with Gasteiger partial charge in [0.2, 0.25) is 0 Å². The maximum Gasteiger partial charge on any atom is 0.254 e. The first-order chi connectivity index (χ1) is 18.1. The van der Waals surface area contributed by atoms with E-state index in [0.717, 1.165) is 33.7 Å². The topological polar surface area (TPSA) is 54.3 Å². The fourth-order valence-electron chi connectivity index (χ4n) is 4.95. The molecule has 0 aliphatic carbocycles. The van der Waals surface area contributed by atoms with Gasteiger partial charge < -0.3 is 14.4 Å². The summed E-state index contributed by atoms with van der Waals surface area (Å²) in [5.74, 6) is 0.300. The predicted octanol–water partition coefficient (Wildman–Crippen LogP) is 5.50. The van der Waals surface area contributed by atoms with Gasteiger partial charge in [-0.15, -0.1) is 0 Å². The Labute approximate surface area is 214 Å². The molecule has 6 rings (SSSR count). The Morgan fingerprint density at radius 3 is 2.35 bits per heavy atom. The Morgan fingerprint density at radius 2 is 1.62 bits per heavy atom. The van der Waals surface area contributed by atoms with Crippen LogP contribution in [0.2, 0.25) is 0 Å². The van der Waals surface area contributed by atoms with Gasteiger partial charge in [-0.3, -0.25) is 4.79 Å². The van der Waals surface area contributed by atoms with E-state index in [-0.39, 0.29) is 5.91 Å². The number of aryl methyl sites for hydroxylation is 1. The highest BCUT2D eigenvalue weighted by Gasteiger charge is 2.26. The zero-order chi connectivity index (χ0) is 25.4. The Balaban J connectivity index is 1.37. The molecule has 0 radical (unpaired) electrons. The van der Waals surface area contributed by atoms with Gasteiger partial charge in [0.05, 0.1) is 5.39 Å². The molecule has 0 spiro atoms. The van der Waals surface area contributed by atoms with E-state index in [4.69, 9.17) is 9.97 Å². The number of benzene rings is 3. The SMILES string of the molecule is Cc1ccc(-n2cc(-c3ccccc3)c3c(N4CCN(C(=O)c5cccc(F)c5)CC4)ncnc32)cc1. The van der Waals surface area contributed by atoms with Crippen molar-refractivity contribution in [1.82, 2.24) is 19.4 Å². The minimum Gasteiger partial charge on any atom is -0.352 e. The Hall–Kier alpha value is -4.52. The molecule has 5 aromatic rings. The molecule has 1 aliphatic heterocycles. The van der Waals surface area contributed by atoms with Crippen molar-refractivity contribution in [2.75, 3.05) is 31.1 Å². The number of piperazine rings is 1. The molecule has 6 nitrogen and oxygen atoms in total. The average molecular weight is 492 g/mol. The monoisotopic (exact) mass is 491 g/mol. The number of nitrogens with zero attached hydrogens (tertiary/aromatic N) is 5. The quantitative estimate of drug-likeness (QED) is 0.333. The molecule has 184 valence electrons. The lowest BCUT2D eigenvalue weighted by atomic mass is 10.1. The molecule has 0 saturated carbocycles. The van der Waals surface area contributed by atoms with Crippen LogP contribution in [0.3, 0.4) is 0 Å². The number of halogens is 1. The zero-order valence-electron chi connectivity index (χ0n) is 20.5. The summed E-state index contributed by atoms with van der Waals surface area (Å²) >= 11 is 0. The first kappa shape index (κ1) is 22.9. The van der Waals surface area contributed by atoms with E-state index < -0.39 is 5.82 Å². The molecule has 1 fully saturated rings. The van der Waals surface area contributed by atoms with Crippen molar-refractivity contribution < 1.29 is 9.18 Å². The maximum atomic E-state index is 13.7. The molecule has 1 amide bonds. The van der Waals surface area contributed by atoms with Gasteiger partial charge in [-0.05, 0) is 42.8 Å². The van der Waals surface area contributed by atoms with E-state index in [9.17, 15) is 9.18 Å². The van der Waals surface area contributed by atoms with Gasteiger partial charge in [0, 0.05) is 49.2 Å². The van der Waals surface area contributed by atoms with Gasteiger partial charge in [0.25, 0.3) is 5.91 Å². The summed E-state index contributed by atoms with van der Waals surface area (Å²) in [5.41, 5.74) is 5.60. The number of hydrogen-bond donors (Lipinski definition) is 0. The lowest BCUT2D eigenvalue weighted by molar-refractivity contribution is 0.0746. The van der Waals surface area contributed by atoms with Gasteiger partial charge in [-0.1, -0.05) is 54.1 Å². The molecular formula is C30H26FN5O. The van der Waals surface area contributed by atoms with Crippen LogP contribution in [0.1, 0.15) is 15.9 Å². The Kier molecular flexibility index (Phi) is 5.88. The summed E-state index contributed by atoms with van der Waals surface area (Å²) in [7, 11) is 0. The molecule has 0 bridgehead atoms. The van der Waals surface area contributed by atoms with E-state index in [1.54, 1.807) is 23.4 Å². The van der Waals surface area contributed by atoms with Gasteiger partial charge in [0.15, 0.2) is 5.65 Å². The van der Waals surface area contributed by atoms with E-state index in [2.05, 4.69) is 59.0 Å². The number of hydrogen-bond acceptors (Lipinski definition) is 4. The van der Waals surface area contributed by atoms with Crippen LogP contribution in [-0.4, -0.2) is 51.5 Å². The molecule has 3 aromatic carbocycles. The molecule has 37 heavy (non-hydrogen) atoms. The van der Waals surface area contributed by atoms with E-state index >= 15 is 0 Å². The number of carbonyl (C=O) groups is 1. The highest BCUT2D eigenvalue weighted by molar-refractivity contribution is 6.02. The molecule has 0 N–H and O–H groups in total. The molecule has 0 unspecified atom stereocenters. The van der Waals surface area contributed by atoms with Crippen LogP contribution in [-0.2, 0) is 0 Å². The largest absolute Gasteiger partial charge is 0.352 e. The number of fused-ring (bicyclic) bond motifs is 1. The first-order valence-corrected chi connectivity index (χ1v) is 12.4. The van der Waals surface area contributed by atoms with E-state index in [1.807, 2.05) is 18.2 Å². The summed E-state index contributed by atoms with van der Waals surface area (Å²) in [5, 5.41) is 0.985. The van der Waals surface area contributed by atoms with Crippen molar-refractivity contribution in [1.29, 1.82) is 0 Å². The molecular weight excluding hydrogens is 465 g/mol. The molecule has 2 aromatic heterocycles. The first-order valence-electron chi connectivity index (χ1n) is 12.4. The third-order valence-electron chi connectivity index (χ3n) is 6.90. The molecule has 7 heteroatoms. The Bertz CT molecular complexity index is 1570. The minimum absolute atomic E-state index is 0.150. The molecule has 1 aliphatic rings. The lowest BCUT2D eigenvalue weighted by Gasteiger charge is -2.35. The second kappa shape index (κ2) is 9.50. The summed E-state index contributed by atoms with van der Waals surface area (Å²) < 4.78 is 15.8. The number of aromatic nitrogens is 3. The highest BCUT2D eigenvalue weighted by Crippen LogP contribution is 2.37. The smallest absolute Gasteiger partial charge is 0.254 e. The van der Waals surface area contributed by atoms with Crippen LogP contribution in [0.15, 0.2) is 91.4 Å². The second-order valence-electron chi connectivity index (χ2n) is 9.30. The van der Waals surface area contributed by atoms with Crippen molar-refractivity contribution in [2.24, 2.45) is 0 Å². The van der Waals surface area contributed by atoms with Gasteiger partial charge in [0.1, 0.15) is 18.0 Å². The standard InChI is InChI=1S/C30H26FN5O/c1-21-10-12-25(13-11-21)36-19-26(22-6-3-2-4-7-22)27-28(32-20-33-29(27)36)34-14-16-35(17-15-34)30(37)23-8-5-9-24(31)18-23/h2-13,18-20H,14-17H2,1H3. The summed E-state index contributed by atoms with van der Waals surface area (Å²) in [6.45, 7) is 4.38. The van der Waals surface area contributed by atoms with E-state index in [0.29, 0.717) is 31.7 Å². The second-order valence-corrected chi connectivity index (χ2v) is 9.30. The highest BCUT2D eigenvalue weighted by atomic mass is 19.1. The van der Waals surface area contributed by atoms with Crippen molar-refractivity contribution in [3.05, 3.63) is 108 Å². The van der Waals surface area contributed by atoms with Crippen molar-refractivity contribution in [3.63, 3.8) is 0 Å². The van der Waals surface area contributed by atoms with Gasteiger partial charge in [-0.25, -0.2) is 14.4 Å². The lowest BCUT2D eigenvalue weighted by Crippen LogP contribution is -2.49. The average Bonchev–Trinajstić information content (AvgIpc) is 3.34. The minimum atomic E-state index is -0.403. The number of carbonyl (C=O) groups excluding carboxylic acids is 1. The van der Waals surface area contributed by atoms with Crippen LogP contribution in [0.5, 0.6) is 0 Å². The van der Waals surface area contributed by atoms with E-state index in [1.165, 1.54) is 17.7 Å². The number of amides is 1. The fourth-order valence-corrected chi connectivity index (χ4v) is 4.95. The third kappa shape index (κ3) is 4.33. The van der Waals surface area contributed by atoms with Crippen molar-refractivity contribution in [3.8, 4) is 16.8 Å². The van der Waals surface area contributed by atoms with Crippen LogP contribution < -0.4 is 4.90 Å². The van der Waals surface area contributed by atoms with Crippen LogP contribution in [0.4, 0.5) is 10.2 Å². The maximum absolute atomic E-state index is 13.7. The van der Waals surface area contributed by atoms with Crippen LogP contribution in [0.25, 0.3) is 27.8 Å². The summed E-state index contributed by atoms with van der Waals surface area (Å²) in [6, 6.07) is 24.5. The summed E-state index contributed by atoms with van der Waals surface area (Å²) in [4.78, 5) is 26.4. The normalized spacial score (nSPS) is 13.8. The van der Waals surface area contributed by atoms with Crippen LogP contribution >= 0.6 is 0 Å². The van der Waals surface area contributed by atoms with Gasteiger partial charge in [-0.2, -0.15) is 0 Å². The molecule has 3 heterocycles. The van der Waals surface area contributed by atoms with Crippen molar-refractivity contribution in [2.45, 2.75) is 6.92 Å².